The topological polar surface area (TPSA) is 42.4 Å². The fourth-order valence-electron chi connectivity index (χ4n) is 1.39. The first kappa shape index (κ1) is 12.5. The van der Waals surface area contributed by atoms with Crippen molar-refractivity contribution in [3.05, 3.63) is 33.5 Å². The molecule has 0 fully saturated rings. The van der Waals surface area contributed by atoms with E-state index >= 15 is 0 Å². The minimum atomic E-state index is -0.349. The summed E-state index contributed by atoms with van der Waals surface area (Å²) in [5.41, 5.74) is 1.12. The number of hydrogen-bond acceptors (Lipinski definition) is 4. The molecule has 0 saturated heterocycles. The lowest BCUT2D eigenvalue weighted by molar-refractivity contribution is 0.277. The lowest BCUT2D eigenvalue weighted by atomic mass is 10.2. The molecule has 0 saturated carbocycles. The average Bonchev–Trinajstić information content (AvgIpc) is 2.70. The number of ether oxygens (including phenoxy) is 1. The first-order valence-corrected chi connectivity index (χ1v) is 6.36. The second-order valence-electron chi connectivity index (χ2n) is 3.24. The van der Waals surface area contributed by atoms with Crippen molar-refractivity contribution in [3.63, 3.8) is 0 Å². The minimum Gasteiger partial charge on any atom is -0.496 e. The van der Waals surface area contributed by atoms with Gasteiger partial charge in [-0.15, -0.1) is 11.3 Å². The Hall–Kier alpha value is -0.980. The molecule has 0 spiro atoms. The number of hydrogen-bond donors (Lipinski definition) is 1. The Morgan fingerprint density at radius 3 is 2.88 bits per heavy atom. The Bertz CT molecular complexity index is 544. The van der Waals surface area contributed by atoms with Gasteiger partial charge in [-0.3, -0.25) is 0 Å². The summed E-state index contributed by atoms with van der Waals surface area (Å²) in [7, 11) is 1.52. The van der Waals surface area contributed by atoms with E-state index in [1.165, 1.54) is 30.6 Å². The maximum atomic E-state index is 13.2. The highest BCUT2D eigenvalue weighted by molar-refractivity contribution is 9.11. The fourth-order valence-corrected chi connectivity index (χ4v) is 2.89. The number of aromatic nitrogens is 1. The quantitative estimate of drug-likeness (QED) is 0.945. The first-order valence-electron chi connectivity index (χ1n) is 4.75. The Kier molecular flexibility index (Phi) is 3.76. The number of benzene rings is 1. The summed E-state index contributed by atoms with van der Waals surface area (Å²) in [6.45, 7) is -0.158. The van der Waals surface area contributed by atoms with E-state index in [1.807, 2.05) is 0 Å². The van der Waals surface area contributed by atoms with Gasteiger partial charge in [0.25, 0.3) is 0 Å². The van der Waals surface area contributed by atoms with Gasteiger partial charge in [0.15, 0.2) is 0 Å². The van der Waals surface area contributed by atoms with Crippen LogP contribution in [-0.4, -0.2) is 17.2 Å². The van der Waals surface area contributed by atoms with Crippen LogP contribution in [0.4, 0.5) is 4.39 Å². The molecule has 0 unspecified atom stereocenters. The van der Waals surface area contributed by atoms with E-state index < -0.39 is 0 Å². The zero-order valence-electron chi connectivity index (χ0n) is 8.91. The van der Waals surface area contributed by atoms with Crippen molar-refractivity contribution >= 4 is 27.3 Å². The van der Waals surface area contributed by atoms with Crippen LogP contribution in [0.3, 0.4) is 0 Å². The van der Waals surface area contributed by atoms with Gasteiger partial charge in [-0.05, 0) is 34.1 Å². The van der Waals surface area contributed by atoms with Gasteiger partial charge in [-0.1, -0.05) is 0 Å². The highest BCUT2D eigenvalue weighted by Gasteiger charge is 2.14. The molecule has 6 heteroatoms. The van der Waals surface area contributed by atoms with Crippen LogP contribution in [0.25, 0.3) is 10.6 Å². The minimum absolute atomic E-state index is 0.158. The smallest absolute Gasteiger partial charge is 0.129 e. The summed E-state index contributed by atoms with van der Waals surface area (Å²) in [6, 6.07) is 4.25. The molecule has 0 aliphatic carbocycles. The van der Waals surface area contributed by atoms with Crippen LogP contribution >= 0.6 is 27.3 Å². The molecular weight excluding hydrogens is 309 g/mol. The zero-order chi connectivity index (χ0) is 12.4. The van der Waals surface area contributed by atoms with Crippen LogP contribution in [0.2, 0.25) is 0 Å². The van der Waals surface area contributed by atoms with E-state index in [0.29, 0.717) is 22.0 Å². The van der Waals surface area contributed by atoms with Gasteiger partial charge in [-0.2, -0.15) is 0 Å². The average molecular weight is 318 g/mol. The number of aliphatic hydroxyl groups excluding tert-OH is 1. The Morgan fingerprint density at radius 1 is 1.53 bits per heavy atom. The number of aliphatic hydroxyl groups is 1. The van der Waals surface area contributed by atoms with Crippen molar-refractivity contribution in [3.8, 4) is 16.3 Å². The normalized spacial score (nSPS) is 10.6. The van der Waals surface area contributed by atoms with Gasteiger partial charge in [0.2, 0.25) is 0 Å². The van der Waals surface area contributed by atoms with Crippen LogP contribution in [0, 0.1) is 5.82 Å². The highest BCUT2D eigenvalue weighted by Crippen LogP contribution is 2.37. The van der Waals surface area contributed by atoms with Gasteiger partial charge >= 0.3 is 0 Å². The lowest BCUT2D eigenvalue weighted by Crippen LogP contribution is -1.89. The first-order chi connectivity index (χ1) is 8.15. The predicted molar refractivity (Wildman–Crippen MR) is 67.7 cm³/mol. The van der Waals surface area contributed by atoms with Crippen molar-refractivity contribution < 1.29 is 14.2 Å². The second-order valence-corrected chi connectivity index (χ2v) is 5.56. The molecule has 1 heterocycles. The molecular formula is C11H9BrFNO2S. The fraction of sp³-hybridized carbons (Fsp3) is 0.182. The summed E-state index contributed by atoms with van der Waals surface area (Å²) in [5, 5.41) is 9.68. The van der Waals surface area contributed by atoms with Crippen molar-refractivity contribution in [1.29, 1.82) is 0 Å². The van der Waals surface area contributed by atoms with E-state index in [9.17, 15) is 4.39 Å². The van der Waals surface area contributed by atoms with E-state index in [-0.39, 0.29) is 12.4 Å². The monoisotopic (exact) mass is 317 g/mol. The van der Waals surface area contributed by atoms with Gasteiger partial charge in [-0.25, -0.2) is 9.37 Å². The number of methoxy groups -OCH3 is 1. The summed E-state index contributed by atoms with van der Waals surface area (Å²) in [4.78, 5) is 4.22. The predicted octanol–water partition coefficient (Wildman–Crippen LogP) is 3.21. The summed E-state index contributed by atoms with van der Waals surface area (Å²) >= 11 is 4.63. The molecule has 2 aromatic rings. The number of halogens is 2. The molecule has 90 valence electrons. The Balaban J connectivity index is 2.54. The molecule has 0 bridgehead atoms. The van der Waals surface area contributed by atoms with Gasteiger partial charge in [0, 0.05) is 0 Å². The van der Waals surface area contributed by atoms with E-state index in [2.05, 4.69) is 20.9 Å². The van der Waals surface area contributed by atoms with Crippen LogP contribution in [0.15, 0.2) is 22.0 Å². The Labute approximate surface area is 110 Å². The summed E-state index contributed by atoms with van der Waals surface area (Å²) in [6.07, 6.45) is 0. The highest BCUT2D eigenvalue weighted by atomic mass is 79.9. The molecule has 2 rings (SSSR count). The number of nitrogens with zero attached hydrogens (tertiary/aromatic N) is 1. The summed E-state index contributed by atoms with van der Waals surface area (Å²) in [5.74, 6) is 0.204. The van der Waals surface area contributed by atoms with Crippen molar-refractivity contribution in [2.75, 3.05) is 7.11 Å². The SMILES string of the molecule is COc1ccc(F)cc1-c1nc(CO)c(Br)s1. The van der Waals surface area contributed by atoms with Crippen LogP contribution in [-0.2, 0) is 6.61 Å². The molecule has 3 nitrogen and oxygen atoms in total. The molecule has 0 aliphatic rings. The molecule has 0 radical (unpaired) electrons. The molecule has 17 heavy (non-hydrogen) atoms. The van der Waals surface area contributed by atoms with E-state index in [0.717, 1.165) is 3.79 Å². The molecule has 1 N–H and O–H groups in total. The maximum Gasteiger partial charge on any atom is 0.129 e. The third kappa shape index (κ3) is 2.48. The van der Waals surface area contributed by atoms with Crippen molar-refractivity contribution in [2.24, 2.45) is 0 Å². The number of rotatable bonds is 3. The number of thiazole rings is 1. The third-order valence-electron chi connectivity index (χ3n) is 2.19. The molecule has 1 aromatic heterocycles. The van der Waals surface area contributed by atoms with Crippen LogP contribution in [0.1, 0.15) is 5.69 Å². The van der Waals surface area contributed by atoms with Crippen molar-refractivity contribution in [1.82, 2.24) is 4.98 Å². The third-order valence-corrected chi connectivity index (χ3v) is 4.05. The molecule has 1 aromatic carbocycles. The molecule has 0 amide bonds. The summed E-state index contributed by atoms with van der Waals surface area (Å²) < 4.78 is 19.1. The van der Waals surface area contributed by atoms with E-state index in [4.69, 9.17) is 9.84 Å². The zero-order valence-corrected chi connectivity index (χ0v) is 11.3. The van der Waals surface area contributed by atoms with Crippen molar-refractivity contribution in [2.45, 2.75) is 6.61 Å². The lowest BCUT2D eigenvalue weighted by Gasteiger charge is -2.05. The van der Waals surface area contributed by atoms with Crippen LogP contribution < -0.4 is 4.74 Å². The Morgan fingerprint density at radius 2 is 2.29 bits per heavy atom. The molecule has 0 atom stereocenters. The van der Waals surface area contributed by atoms with Gasteiger partial charge < -0.3 is 9.84 Å². The molecule has 0 aliphatic heterocycles. The van der Waals surface area contributed by atoms with E-state index in [1.54, 1.807) is 6.07 Å². The largest absolute Gasteiger partial charge is 0.496 e. The van der Waals surface area contributed by atoms with Gasteiger partial charge in [0.05, 0.1) is 28.8 Å². The van der Waals surface area contributed by atoms with Crippen LogP contribution in [0.5, 0.6) is 5.75 Å². The standard InChI is InChI=1S/C11H9BrFNO2S/c1-16-9-3-2-6(13)4-7(9)11-14-8(5-15)10(12)17-11/h2-4,15H,5H2,1H3. The second kappa shape index (κ2) is 5.12. The van der Waals surface area contributed by atoms with Gasteiger partial charge in [0.1, 0.15) is 16.6 Å². The maximum absolute atomic E-state index is 13.2.